The van der Waals surface area contributed by atoms with Crippen LogP contribution in [0.5, 0.6) is 0 Å². The summed E-state index contributed by atoms with van der Waals surface area (Å²) >= 11 is 0. The third-order valence-electron chi connectivity index (χ3n) is 5.20. The van der Waals surface area contributed by atoms with E-state index in [1.165, 1.54) is 4.52 Å². The largest absolute Gasteiger partial charge is 0.460 e. The van der Waals surface area contributed by atoms with Crippen LogP contribution in [0.4, 0.5) is 5.82 Å². The highest BCUT2D eigenvalue weighted by Gasteiger charge is 2.17. The van der Waals surface area contributed by atoms with Crippen molar-refractivity contribution in [2.24, 2.45) is 5.73 Å². The molecule has 168 valence electrons. The molecule has 3 heterocycles. The summed E-state index contributed by atoms with van der Waals surface area (Å²) in [6, 6.07) is 16.6. The standard InChI is InChI=1S/C19H14O2.C7H7N5O/c1-3-13-11-8-12-16-17(13)19(20)18(15(4-2)21-16)14-9-6-5-7-10-14;8-5-4(6(9)13)7-10-2-1-3-12(7)11-5/h1,5-12H,4H2,2H3;1-3H,(H2,8,11)(H2,9,13). The molecule has 4 N–H and O–H groups in total. The maximum atomic E-state index is 12.9. The maximum absolute atomic E-state index is 12.9. The zero-order valence-electron chi connectivity index (χ0n) is 18.4. The highest BCUT2D eigenvalue weighted by atomic mass is 16.3. The fraction of sp³-hybridized carbons (Fsp3) is 0.0769. The van der Waals surface area contributed by atoms with Gasteiger partial charge >= 0.3 is 0 Å². The number of amides is 1. The third-order valence-corrected chi connectivity index (χ3v) is 5.20. The van der Waals surface area contributed by atoms with Crippen molar-refractivity contribution >= 4 is 28.3 Å². The van der Waals surface area contributed by atoms with E-state index in [1.807, 2.05) is 43.3 Å². The molecule has 0 aliphatic carbocycles. The second-order valence-corrected chi connectivity index (χ2v) is 7.28. The molecule has 0 saturated heterocycles. The Hall–Kier alpha value is -4.90. The van der Waals surface area contributed by atoms with Crippen LogP contribution in [0.15, 0.2) is 76.2 Å². The first kappa shape index (κ1) is 22.3. The Labute approximate surface area is 194 Å². The summed E-state index contributed by atoms with van der Waals surface area (Å²) in [7, 11) is 0. The Kier molecular flexibility index (Phi) is 6.10. The number of terminal acetylenes is 1. The lowest BCUT2D eigenvalue weighted by molar-refractivity contribution is 0.100. The number of carbonyl (C=O) groups is 1. The number of aromatic nitrogens is 3. The summed E-state index contributed by atoms with van der Waals surface area (Å²) in [6.45, 7) is 1.97. The SMILES string of the molecule is C#Cc1cccc2oc(CC)c(-c3ccccc3)c(=O)c12.NC(=O)c1c(N)nn2cccnc12. The Morgan fingerprint density at radius 1 is 1.15 bits per heavy atom. The van der Waals surface area contributed by atoms with Crippen molar-refractivity contribution in [2.45, 2.75) is 13.3 Å². The lowest BCUT2D eigenvalue weighted by Gasteiger charge is -2.09. The van der Waals surface area contributed by atoms with Crippen molar-refractivity contribution in [3.63, 3.8) is 0 Å². The minimum Gasteiger partial charge on any atom is -0.460 e. The number of carbonyl (C=O) groups excluding carboxylic acids is 1. The van der Waals surface area contributed by atoms with Crippen LogP contribution in [0.2, 0.25) is 0 Å². The number of anilines is 1. The molecule has 34 heavy (non-hydrogen) atoms. The number of aryl methyl sites for hydroxylation is 1. The van der Waals surface area contributed by atoms with Gasteiger partial charge in [0, 0.05) is 24.4 Å². The summed E-state index contributed by atoms with van der Waals surface area (Å²) in [5.41, 5.74) is 13.7. The number of nitrogens with zero attached hydrogens (tertiary/aromatic N) is 3. The highest BCUT2D eigenvalue weighted by molar-refractivity contribution is 6.03. The molecule has 8 heteroatoms. The van der Waals surface area contributed by atoms with E-state index < -0.39 is 5.91 Å². The number of fused-ring (bicyclic) bond motifs is 2. The predicted molar refractivity (Wildman–Crippen MR) is 131 cm³/mol. The van der Waals surface area contributed by atoms with Crippen molar-refractivity contribution < 1.29 is 9.21 Å². The first-order chi connectivity index (χ1) is 16.5. The molecule has 0 unspecified atom stereocenters. The van der Waals surface area contributed by atoms with E-state index >= 15 is 0 Å². The second-order valence-electron chi connectivity index (χ2n) is 7.28. The third kappa shape index (κ3) is 3.98. The monoisotopic (exact) mass is 451 g/mol. The average molecular weight is 451 g/mol. The molecule has 5 aromatic rings. The quantitative estimate of drug-likeness (QED) is 0.404. The molecule has 0 saturated carbocycles. The van der Waals surface area contributed by atoms with Gasteiger partial charge in [-0.1, -0.05) is 49.2 Å². The Balaban J connectivity index is 0.000000180. The van der Waals surface area contributed by atoms with Gasteiger partial charge in [0.15, 0.2) is 11.5 Å². The molecule has 3 aromatic heterocycles. The van der Waals surface area contributed by atoms with Crippen LogP contribution < -0.4 is 16.9 Å². The van der Waals surface area contributed by atoms with Crippen LogP contribution >= 0.6 is 0 Å². The van der Waals surface area contributed by atoms with Crippen LogP contribution in [0.3, 0.4) is 0 Å². The first-order valence-corrected chi connectivity index (χ1v) is 10.5. The summed E-state index contributed by atoms with van der Waals surface area (Å²) < 4.78 is 7.34. The molecule has 1 amide bonds. The normalized spacial score (nSPS) is 10.5. The first-order valence-electron chi connectivity index (χ1n) is 10.5. The van der Waals surface area contributed by atoms with E-state index in [-0.39, 0.29) is 16.8 Å². The molecule has 0 spiro atoms. The number of hydrogen-bond acceptors (Lipinski definition) is 6. The van der Waals surface area contributed by atoms with Gasteiger partial charge in [-0.2, -0.15) is 0 Å². The fourth-order valence-electron chi connectivity index (χ4n) is 3.69. The molecule has 8 nitrogen and oxygen atoms in total. The van der Waals surface area contributed by atoms with Gasteiger partial charge in [0.2, 0.25) is 5.43 Å². The summed E-state index contributed by atoms with van der Waals surface area (Å²) in [4.78, 5) is 27.8. The van der Waals surface area contributed by atoms with Crippen molar-refractivity contribution in [1.29, 1.82) is 0 Å². The fourth-order valence-corrected chi connectivity index (χ4v) is 3.69. The minimum atomic E-state index is -0.619. The number of primary amides is 1. The highest BCUT2D eigenvalue weighted by Crippen LogP contribution is 2.26. The second kappa shape index (κ2) is 9.30. The van der Waals surface area contributed by atoms with Crippen LogP contribution in [0.1, 0.15) is 28.6 Å². The lowest BCUT2D eigenvalue weighted by atomic mass is 9.99. The number of benzene rings is 2. The zero-order chi connectivity index (χ0) is 24.2. The van der Waals surface area contributed by atoms with Gasteiger partial charge in [-0.3, -0.25) is 9.59 Å². The molecule has 2 aromatic carbocycles. The van der Waals surface area contributed by atoms with Crippen LogP contribution in [0.25, 0.3) is 27.7 Å². The number of rotatable bonds is 3. The van der Waals surface area contributed by atoms with Crippen LogP contribution in [-0.2, 0) is 6.42 Å². The van der Waals surface area contributed by atoms with Gasteiger partial charge in [-0.15, -0.1) is 11.5 Å². The van der Waals surface area contributed by atoms with Gasteiger partial charge in [0.1, 0.15) is 16.9 Å². The summed E-state index contributed by atoms with van der Waals surface area (Å²) in [5, 5.41) is 4.35. The average Bonchev–Trinajstić information content (AvgIpc) is 3.20. The van der Waals surface area contributed by atoms with E-state index in [2.05, 4.69) is 16.0 Å². The molecule has 0 aliphatic rings. The van der Waals surface area contributed by atoms with Gasteiger partial charge in [-0.05, 0) is 23.8 Å². The van der Waals surface area contributed by atoms with E-state index in [0.717, 1.165) is 5.56 Å². The molecule has 0 fully saturated rings. The lowest BCUT2D eigenvalue weighted by Crippen LogP contribution is -2.12. The molecule has 0 radical (unpaired) electrons. The topological polar surface area (TPSA) is 130 Å². The maximum Gasteiger partial charge on any atom is 0.256 e. The van der Waals surface area contributed by atoms with Crippen molar-refractivity contribution in [3.8, 4) is 23.5 Å². The Morgan fingerprint density at radius 3 is 2.59 bits per heavy atom. The van der Waals surface area contributed by atoms with Crippen molar-refractivity contribution in [3.05, 3.63) is 94.1 Å². The van der Waals surface area contributed by atoms with Gasteiger partial charge in [0.25, 0.3) is 5.91 Å². The number of hydrogen-bond donors (Lipinski definition) is 2. The molecular weight excluding hydrogens is 430 g/mol. The summed E-state index contributed by atoms with van der Waals surface area (Å²) in [6.07, 6.45) is 9.35. The van der Waals surface area contributed by atoms with E-state index in [9.17, 15) is 9.59 Å². The van der Waals surface area contributed by atoms with Crippen molar-refractivity contribution in [1.82, 2.24) is 14.6 Å². The summed E-state index contributed by atoms with van der Waals surface area (Å²) in [5.74, 6) is 2.74. The van der Waals surface area contributed by atoms with E-state index in [1.54, 1.807) is 30.6 Å². The zero-order valence-corrected chi connectivity index (χ0v) is 18.4. The molecule has 0 atom stereocenters. The molecular formula is C26H21N5O3. The van der Waals surface area contributed by atoms with Crippen molar-refractivity contribution in [2.75, 3.05) is 5.73 Å². The van der Waals surface area contributed by atoms with Crippen LogP contribution in [0, 0.1) is 12.3 Å². The molecule has 0 aliphatic heterocycles. The van der Waals surface area contributed by atoms with Gasteiger partial charge < -0.3 is 15.9 Å². The van der Waals surface area contributed by atoms with Gasteiger partial charge in [0.05, 0.1) is 10.9 Å². The number of nitrogens with two attached hydrogens (primary N) is 2. The minimum absolute atomic E-state index is 0.0622. The van der Waals surface area contributed by atoms with E-state index in [4.69, 9.17) is 22.3 Å². The smallest absolute Gasteiger partial charge is 0.256 e. The van der Waals surface area contributed by atoms with Gasteiger partial charge in [-0.25, -0.2) is 9.50 Å². The molecule has 5 rings (SSSR count). The molecule has 0 bridgehead atoms. The Morgan fingerprint density at radius 2 is 1.91 bits per heavy atom. The van der Waals surface area contributed by atoms with Crippen LogP contribution in [-0.4, -0.2) is 20.5 Å². The van der Waals surface area contributed by atoms with E-state index in [0.29, 0.717) is 39.9 Å². The predicted octanol–water partition coefficient (Wildman–Crippen LogP) is 3.41. The Bertz CT molecular complexity index is 1610. The number of nitrogen functional groups attached to an aromatic ring is 1.